The van der Waals surface area contributed by atoms with Crippen LogP contribution in [0.3, 0.4) is 0 Å². The van der Waals surface area contributed by atoms with Crippen LogP contribution in [0.15, 0.2) is 40.8 Å². The number of halogens is 3. The summed E-state index contributed by atoms with van der Waals surface area (Å²) in [5.74, 6) is 0.358. The Hall–Kier alpha value is -3.62. The molecule has 4 rings (SSSR count). The number of fused-ring (bicyclic) bond motifs is 1. The molecule has 3 heterocycles. The van der Waals surface area contributed by atoms with Crippen molar-refractivity contribution in [2.75, 3.05) is 12.8 Å². The maximum absolute atomic E-state index is 13.4. The Balaban J connectivity index is 1.94. The molecular weight excluding hydrogens is 385 g/mol. The number of amides is 1. The normalized spacial score (nSPS) is 15.3. The molecule has 0 aliphatic carbocycles. The van der Waals surface area contributed by atoms with Crippen LogP contribution in [0.25, 0.3) is 23.2 Å². The van der Waals surface area contributed by atoms with Gasteiger partial charge in [0.25, 0.3) is 5.91 Å². The van der Waals surface area contributed by atoms with Crippen LogP contribution in [0.2, 0.25) is 0 Å². The summed E-state index contributed by atoms with van der Waals surface area (Å²) >= 11 is 0. The number of anilines is 1. The van der Waals surface area contributed by atoms with Crippen LogP contribution < -0.4 is 5.73 Å². The molecule has 1 aliphatic rings. The Kier molecular flexibility index (Phi) is 4.18. The zero-order valence-electron chi connectivity index (χ0n) is 15.4. The Morgan fingerprint density at radius 2 is 1.79 bits per heavy atom. The first-order chi connectivity index (χ1) is 13.7. The molecule has 0 unspecified atom stereocenters. The number of rotatable bonds is 2. The Morgan fingerprint density at radius 1 is 1.10 bits per heavy atom. The van der Waals surface area contributed by atoms with Crippen LogP contribution in [0.1, 0.15) is 32.9 Å². The molecule has 0 radical (unpaired) electrons. The number of nitrogens with zero attached hydrogens (tertiary/aromatic N) is 3. The van der Waals surface area contributed by atoms with Gasteiger partial charge in [-0.3, -0.25) is 4.79 Å². The fourth-order valence-electron chi connectivity index (χ4n) is 3.24. The molecule has 29 heavy (non-hydrogen) atoms. The maximum atomic E-state index is 13.4. The van der Waals surface area contributed by atoms with Crippen molar-refractivity contribution in [2.45, 2.75) is 13.1 Å². The lowest BCUT2D eigenvalue weighted by Crippen LogP contribution is -2.18. The quantitative estimate of drug-likeness (QED) is 0.696. The fraction of sp³-hybridized carbons (Fsp3) is 0.150. The van der Waals surface area contributed by atoms with Gasteiger partial charge in [0.1, 0.15) is 17.1 Å². The second kappa shape index (κ2) is 6.47. The largest absolute Gasteiger partial charge is 0.460 e. The molecule has 148 valence electrons. The van der Waals surface area contributed by atoms with E-state index in [4.69, 9.17) is 10.2 Å². The molecule has 2 aromatic heterocycles. The van der Waals surface area contributed by atoms with Gasteiger partial charge in [-0.2, -0.15) is 13.2 Å². The Bertz CT molecular complexity index is 1160. The summed E-state index contributed by atoms with van der Waals surface area (Å²) < 4.78 is 45.7. The zero-order valence-corrected chi connectivity index (χ0v) is 15.4. The van der Waals surface area contributed by atoms with E-state index in [9.17, 15) is 18.0 Å². The number of benzene rings is 1. The molecule has 0 saturated carbocycles. The van der Waals surface area contributed by atoms with Crippen molar-refractivity contribution in [1.82, 2.24) is 14.9 Å². The predicted octanol–water partition coefficient (Wildman–Crippen LogP) is 4.23. The topological polar surface area (TPSA) is 85.2 Å². The van der Waals surface area contributed by atoms with Crippen molar-refractivity contribution in [3.8, 4) is 11.5 Å². The summed E-state index contributed by atoms with van der Waals surface area (Å²) in [4.78, 5) is 22.4. The maximum Gasteiger partial charge on any atom is 0.416 e. The van der Waals surface area contributed by atoms with Gasteiger partial charge < -0.3 is 15.1 Å². The highest BCUT2D eigenvalue weighted by molar-refractivity contribution is 6.14. The number of nitrogen functional groups attached to an aromatic ring is 1. The van der Waals surface area contributed by atoms with Crippen LogP contribution in [0.4, 0.5) is 19.1 Å². The lowest BCUT2D eigenvalue weighted by Gasteiger charge is -2.14. The Morgan fingerprint density at radius 3 is 2.45 bits per heavy atom. The van der Waals surface area contributed by atoms with Gasteiger partial charge in [0.2, 0.25) is 5.95 Å². The SMILES string of the molecule is Cc1ccc(-c2nc(N)nc3c2C(=O)N(C)/C3=C\c2ccccc2C(F)(F)F)o1. The highest BCUT2D eigenvalue weighted by atomic mass is 19.4. The van der Waals surface area contributed by atoms with E-state index in [-0.39, 0.29) is 34.2 Å². The number of aromatic nitrogens is 2. The number of hydrogen-bond acceptors (Lipinski definition) is 5. The number of carbonyl (C=O) groups excluding carboxylic acids is 1. The summed E-state index contributed by atoms with van der Waals surface area (Å²) in [6.45, 7) is 1.74. The average Bonchev–Trinajstić information content (AvgIpc) is 3.18. The molecule has 1 aromatic carbocycles. The lowest BCUT2D eigenvalue weighted by atomic mass is 10.0. The van der Waals surface area contributed by atoms with Crippen LogP contribution >= 0.6 is 0 Å². The second-order valence-electron chi connectivity index (χ2n) is 6.54. The van der Waals surface area contributed by atoms with Crippen LogP contribution in [0.5, 0.6) is 0 Å². The first-order valence-electron chi connectivity index (χ1n) is 8.57. The van der Waals surface area contributed by atoms with E-state index in [0.717, 1.165) is 6.07 Å². The third-order valence-electron chi connectivity index (χ3n) is 4.58. The lowest BCUT2D eigenvalue weighted by molar-refractivity contribution is -0.137. The first kappa shape index (κ1) is 18.7. The predicted molar refractivity (Wildman–Crippen MR) is 100 cm³/mol. The summed E-state index contributed by atoms with van der Waals surface area (Å²) in [6.07, 6.45) is -3.27. The summed E-state index contributed by atoms with van der Waals surface area (Å²) in [7, 11) is 1.46. The van der Waals surface area contributed by atoms with Gasteiger partial charge in [-0.05, 0) is 36.8 Å². The summed E-state index contributed by atoms with van der Waals surface area (Å²) in [5.41, 5.74) is 5.60. The van der Waals surface area contributed by atoms with E-state index in [1.54, 1.807) is 19.1 Å². The average molecular weight is 400 g/mol. The zero-order chi connectivity index (χ0) is 20.9. The van der Waals surface area contributed by atoms with Gasteiger partial charge in [0.15, 0.2) is 5.76 Å². The van der Waals surface area contributed by atoms with Gasteiger partial charge >= 0.3 is 6.18 Å². The molecule has 1 amide bonds. The van der Waals surface area contributed by atoms with Gasteiger partial charge in [0, 0.05) is 7.05 Å². The number of alkyl halides is 3. The smallest absolute Gasteiger partial charge is 0.416 e. The number of nitrogens with two attached hydrogens (primary N) is 1. The van der Waals surface area contributed by atoms with E-state index in [1.807, 2.05) is 0 Å². The van der Waals surface area contributed by atoms with Gasteiger partial charge in [-0.25, -0.2) is 9.97 Å². The number of furan rings is 1. The summed E-state index contributed by atoms with van der Waals surface area (Å²) in [5, 5.41) is 0. The molecule has 2 N–H and O–H groups in total. The third-order valence-corrected chi connectivity index (χ3v) is 4.58. The molecule has 0 saturated heterocycles. The number of hydrogen-bond donors (Lipinski definition) is 1. The number of aryl methyl sites for hydroxylation is 1. The van der Waals surface area contributed by atoms with Crippen molar-refractivity contribution in [2.24, 2.45) is 0 Å². The molecule has 9 heteroatoms. The molecular formula is C20H15F3N4O2. The molecule has 0 bridgehead atoms. The standard InChI is InChI=1S/C20H15F3N4O2/c1-10-7-8-14(29-10)17-15-16(25-19(24)26-17)13(27(2)18(15)28)9-11-5-3-4-6-12(11)20(21,22)23/h3-9H,1-2H3,(H2,24,25,26)/b13-9-. The van der Waals surface area contributed by atoms with Gasteiger partial charge in [-0.15, -0.1) is 0 Å². The van der Waals surface area contributed by atoms with Crippen molar-refractivity contribution in [3.05, 3.63) is 64.5 Å². The van der Waals surface area contributed by atoms with Crippen LogP contribution in [-0.4, -0.2) is 27.8 Å². The molecule has 1 aliphatic heterocycles. The second-order valence-corrected chi connectivity index (χ2v) is 6.54. The van der Waals surface area contributed by atoms with Crippen LogP contribution in [-0.2, 0) is 6.18 Å². The van der Waals surface area contributed by atoms with E-state index >= 15 is 0 Å². The van der Waals surface area contributed by atoms with E-state index < -0.39 is 17.6 Å². The summed E-state index contributed by atoms with van der Waals surface area (Å²) in [6, 6.07) is 8.46. The minimum absolute atomic E-state index is 0.0879. The first-order valence-corrected chi connectivity index (χ1v) is 8.57. The molecule has 3 aromatic rings. The molecule has 6 nitrogen and oxygen atoms in total. The highest BCUT2D eigenvalue weighted by Crippen LogP contribution is 2.39. The van der Waals surface area contributed by atoms with Crippen molar-refractivity contribution in [3.63, 3.8) is 0 Å². The minimum Gasteiger partial charge on any atom is -0.460 e. The minimum atomic E-state index is -4.54. The van der Waals surface area contributed by atoms with Crippen molar-refractivity contribution >= 4 is 23.6 Å². The van der Waals surface area contributed by atoms with Gasteiger partial charge in [-0.1, -0.05) is 18.2 Å². The van der Waals surface area contributed by atoms with E-state index in [0.29, 0.717) is 11.5 Å². The van der Waals surface area contributed by atoms with E-state index in [1.165, 1.54) is 36.2 Å². The van der Waals surface area contributed by atoms with Crippen molar-refractivity contribution in [1.29, 1.82) is 0 Å². The monoisotopic (exact) mass is 400 g/mol. The molecule has 0 fully saturated rings. The van der Waals surface area contributed by atoms with Crippen molar-refractivity contribution < 1.29 is 22.4 Å². The highest BCUT2D eigenvalue weighted by Gasteiger charge is 2.37. The third kappa shape index (κ3) is 3.14. The molecule has 0 atom stereocenters. The van der Waals surface area contributed by atoms with Crippen LogP contribution in [0, 0.1) is 6.92 Å². The molecule has 0 spiro atoms. The van der Waals surface area contributed by atoms with Gasteiger partial charge in [0.05, 0.1) is 16.8 Å². The fourth-order valence-corrected chi connectivity index (χ4v) is 3.24. The Labute approximate surface area is 163 Å². The van der Waals surface area contributed by atoms with E-state index in [2.05, 4.69) is 9.97 Å². The number of carbonyl (C=O) groups is 1.